The van der Waals surface area contributed by atoms with Gasteiger partial charge in [-0.25, -0.2) is 13.4 Å². The van der Waals surface area contributed by atoms with Crippen molar-refractivity contribution in [3.8, 4) is 22.8 Å². The van der Waals surface area contributed by atoms with Gasteiger partial charge in [0, 0.05) is 16.6 Å². The van der Waals surface area contributed by atoms with Crippen LogP contribution in [0.15, 0.2) is 53.9 Å². The lowest BCUT2D eigenvalue weighted by molar-refractivity contribution is -0.118. The lowest BCUT2D eigenvalue weighted by Crippen LogP contribution is -2.20. The van der Waals surface area contributed by atoms with Crippen LogP contribution in [-0.2, 0) is 14.8 Å². The first-order valence-corrected chi connectivity index (χ1v) is 11.2. The zero-order valence-corrected chi connectivity index (χ0v) is 17.3. The van der Waals surface area contributed by atoms with Crippen molar-refractivity contribution >= 4 is 38.1 Å². The number of ether oxygens (including phenoxy) is 2. The smallest absolute Gasteiger partial charge is 0.264 e. The van der Waals surface area contributed by atoms with E-state index in [1.807, 2.05) is 6.07 Å². The molecule has 0 aliphatic carbocycles. The number of methoxy groups -OCH3 is 1. The molecule has 1 heterocycles. The summed E-state index contributed by atoms with van der Waals surface area (Å²) < 4.78 is 35.6. The molecule has 3 rings (SSSR count). The molecule has 8 nitrogen and oxygen atoms in total. The first kappa shape index (κ1) is 20.6. The van der Waals surface area contributed by atoms with Gasteiger partial charge >= 0.3 is 0 Å². The molecule has 0 saturated carbocycles. The molecule has 0 radical (unpaired) electrons. The minimum Gasteiger partial charge on any atom is -0.493 e. The number of carbonyl (C=O) groups is 1. The van der Waals surface area contributed by atoms with Gasteiger partial charge in [0.05, 0.1) is 19.1 Å². The Morgan fingerprint density at radius 2 is 1.79 bits per heavy atom. The number of para-hydroxylation sites is 2. The summed E-state index contributed by atoms with van der Waals surface area (Å²) in [6.45, 7) is -0.179. The average Bonchev–Trinajstić information content (AvgIpc) is 3.14. The molecule has 0 bridgehead atoms. The van der Waals surface area contributed by atoms with E-state index in [1.165, 1.54) is 18.4 Å². The molecule has 1 aromatic heterocycles. The van der Waals surface area contributed by atoms with Crippen molar-refractivity contribution in [1.82, 2.24) is 4.98 Å². The van der Waals surface area contributed by atoms with E-state index in [4.69, 9.17) is 9.47 Å². The van der Waals surface area contributed by atoms with E-state index < -0.39 is 10.0 Å². The molecule has 152 valence electrons. The van der Waals surface area contributed by atoms with Crippen molar-refractivity contribution in [1.29, 1.82) is 0 Å². The van der Waals surface area contributed by atoms with Crippen LogP contribution in [-0.4, -0.2) is 39.3 Å². The summed E-state index contributed by atoms with van der Waals surface area (Å²) in [6.07, 6.45) is 1.09. The van der Waals surface area contributed by atoms with E-state index >= 15 is 0 Å². The highest BCUT2D eigenvalue weighted by Gasteiger charge is 2.11. The van der Waals surface area contributed by atoms with Crippen LogP contribution < -0.4 is 19.5 Å². The molecule has 2 N–H and O–H groups in total. The van der Waals surface area contributed by atoms with Crippen molar-refractivity contribution < 1.29 is 22.7 Å². The molecule has 0 aliphatic heterocycles. The molecular formula is C19H19N3O5S2. The fourth-order valence-electron chi connectivity index (χ4n) is 2.42. The SMILES string of the molecule is COc1ccccc1OCC(=O)Nc1nc(-c2ccc(NS(C)(=O)=O)cc2)cs1. The summed E-state index contributed by atoms with van der Waals surface area (Å²) in [6, 6.07) is 13.9. The van der Waals surface area contributed by atoms with Gasteiger partial charge in [0.25, 0.3) is 5.91 Å². The predicted octanol–water partition coefficient (Wildman–Crippen LogP) is 3.21. The second-order valence-electron chi connectivity index (χ2n) is 5.98. The minimum absolute atomic E-state index is 0.179. The Morgan fingerprint density at radius 3 is 2.45 bits per heavy atom. The maximum absolute atomic E-state index is 12.1. The summed E-state index contributed by atoms with van der Waals surface area (Å²) in [5.41, 5.74) is 1.93. The highest BCUT2D eigenvalue weighted by molar-refractivity contribution is 7.92. The Balaban J connectivity index is 1.59. The van der Waals surface area contributed by atoms with Gasteiger partial charge in [-0.2, -0.15) is 0 Å². The largest absolute Gasteiger partial charge is 0.493 e. The van der Waals surface area contributed by atoms with Crippen molar-refractivity contribution in [2.75, 3.05) is 30.0 Å². The molecule has 3 aromatic rings. The van der Waals surface area contributed by atoms with E-state index in [0.29, 0.717) is 28.0 Å². The van der Waals surface area contributed by atoms with Crippen molar-refractivity contribution in [3.05, 3.63) is 53.9 Å². The number of hydrogen-bond acceptors (Lipinski definition) is 7. The summed E-state index contributed by atoms with van der Waals surface area (Å²) in [5, 5.41) is 4.93. The van der Waals surface area contributed by atoms with Crippen LogP contribution in [0, 0.1) is 0 Å². The Bertz CT molecular complexity index is 1100. The zero-order valence-electron chi connectivity index (χ0n) is 15.7. The molecule has 0 atom stereocenters. The lowest BCUT2D eigenvalue weighted by Gasteiger charge is -2.09. The third-order valence-electron chi connectivity index (χ3n) is 3.66. The predicted molar refractivity (Wildman–Crippen MR) is 113 cm³/mol. The van der Waals surface area contributed by atoms with E-state index in [-0.39, 0.29) is 12.5 Å². The fraction of sp³-hybridized carbons (Fsp3) is 0.158. The molecule has 2 aromatic carbocycles. The number of nitrogens with one attached hydrogen (secondary N) is 2. The van der Waals surface area contributed by atoms with Gasteiger partial charge < -0.3 is 9.47 Å². The van der Waals surface area contributed by atoms with Gasteiger partial charge in [0.15, 0.2) is 23.2 Å². The Morgan fingerprint density at radius 1 is 1.10 bits per heavy atom. The van der Waals surface area contributed by atoms with Gasteiger partial charge in [0.1, 0.15) is 0 Å². The first-order valence-electron chi connectivity index (χ1n) is 8.43. The molecule has 0 aliphatic rings. The number of rotatable bonds is 8. The van der Waals surface area contributed by atoms with E-state index in [0.717, 1.165) is 11.8 Å². The number of nitrogens with zero attached hydrogens (tertiary/aromatic N) is 1. The molecule has 0 saturated heterocycles. The second-order valence-corrected chi connectivity index (χ2v) is 8.58. The Kier molecular flexibility index (Phi) is 6.35. The number of benzene rings is 2. The molecule has 0 fully saturated rings. The monoisotopic (exact) mass is 433 g/mol. The molecule has 29 heavy (non-hydrogen) atoms. The highest BCUT2D eigenvalue weighted by atomic mass is 32.2. The topological polar surface area (TPSA) is 107 Å². The van der Waals surface area contributed by atoms with Crippen LogP contribution in [0.4, 0.5) is 10.8 Å². The van der Waals surface area contributed by atoms with Gasteiger partial charge in [-0.1, -0.05) is 24.3 Å². The van der Waals surface area contributed by atoms with Crippen LogP contribution >= 0.6 is 11.3 Å². The minimum atomic E-state index is -3.32. The third kappa shape index (κ3) is 5.93. The van der Waals surface area contributed by atoms with Crippen LogP contribution in [0.1, 0.15) is 0 Å². The van der Waals surface area contributed by atoms with Gasteiger partial charge in [-0.05, 0) is 24.3 Å². The fourth-order valence-corrected chi connectivity index (χ4v) is 3.72. The Labute approximate surface area is 172 Å². The van der Waals surface area contributed by atoms with E-state index in [2.05, 4.69) is 15.0 Å². The van der Waals surface area contributed by atoms with Crippen molar-refractivity contribution in [2.45, 2.75) is 0 Å². The van der Waals surface area contributed by atoms with Gasteiger partial charge in [-0.15, -0.1) is 11.3 Å². The normalized spacial score (nSPS) is 11.0. The summed E-state index contributed by atoms with van der Waals surface area (Å²) >= 11 is 1.28. The maximum atomic E-state index is 12.1. The number of thiazole rings is 1. The molecule has 0 spiro atoms. The standard InChI is InChI=1S/C19H19N3O5S2/c1-26-16-5-3-4-6-17(16)27-11-18(23)21-19-20-15(12-28-19)13-7-9-14(10-8-13)22-29(2,24)25/h3-10,12,22H,11H2,1-2H3,(H,20,21,23). The molecule has 10 heteroatoms. The van der Waals surface area contributed by atoms with E-state index in [9.17, 15) is 13.2 Å². The summed E-state index contributed by atoms with van der Waals surface area (Å²) in [5.74, 6) is 0.683. The zero-order chi connectivity index (χ0) is 20.9. The number of anilines is 2. The Hall–Kier alpha value is -3.11. The van der Waals surface area contributed by atoms with Crippen LogP contribution in [0.3, 0.4) is 0 Å². The molecule has 1 amide bonds. The summed E-state index contributed by atoms with van der Waals surface area (Å²) in [4.78, 5) is 16.5. The van der Waals surface area contributed by atoms with Crippen LogP contribution in [0.5, 0.6) is 11.5 Å². The quantitative estimate of drug-likeness (QED) is 0.565. The number of sulfonamides is 1. The second kappa shape index (κ2) is 8.93. The van der Waals surface area contributed by atoms with Crippen molar-refractivity contribution in [3.63, 3.8) is 0 Å². The molecule has 0 unspecified atom stereocenters. The van der Waals surface area contributed by atoms with Crippen LogP contribution in [0.25, 0.3) is 11.3 Å². The van der Waals surface area contributed by atoms with Gasteiger partial charge in [-0.3, -0.25) is 14.8 Å². The number of aromatic nitrogens is 1. The average molecular weight is 434 g/mol. The lowest BCUT2D eigenvalue weighted by atomic mass is 10.1. The highest BCUT2D eigenvalue weighted by Crippen LogP contribution is 2.27. The number of carbonyl (C=O) groups excluding carboxylic acids is 1. The first-order chi connectivity index (χ1) is 13.8. The van der Waals surface area contributed by atoms with E-state index in [1.54, 1.807) is 47.8 Å². The number of amides is 1. The third-order valence-corrected chi connectivity index (χ3v) is 5.03. The van der Waals surface area contributed by atoms with Crippen LogP contribution in [0.2, 0.25) is 0 Å². The maximum Gasteiger partial charge on any atom is 0.264 e. The summed E-state index contributed by atoms with van der Waals surface area (Å²) in [7, 11) is -1.79. The van der Waals surface area contributed by atoms with Gasteiger partial charge in [0.2, 0.25) is 10.0 Å². The van der Waals surface area contributed by atoms with Crippen molar-refractivity contribution in [2.24, 2.45) is 0 Å². The molecular weight excluding hydrogens is 414 g/mol. The number of hydrogen-bond donors (Lipinski definition) is 2.